The summed E-state index contributed by atoms with van der Waals surface area (Å²) in [6, 6.07) is 13.1. The van der Waals surface area contributed by atoms with Crippen LogP contribution >= 0.6 is 23.4 Å². The minimum atomic E-state index is -0.304. The second kappa shape index (κ2) is 8.41. The van der Waals surface area contributed by atoms with Crippen molar-refractivity contribution in [2.75, 3.05) is 18.6 Å². The standard InChI is InChI=1S/C18H17ClFN5OS/c1-24(10-12-2-8-15(20)9-3-12)16(26)11-27-18-23-22-17(25(18)21)13-4-6-14(19)7-5-13/h2-9H,10-11,21H2,1H3. The first-order valence-corrected chi connectivity index (χ1v) is 9.38. The third kappa shape index (κ3) is 4.78. The molecular formula is C18H17ClFN5OS. The number of amides is 1. The van der Waals surface area contributed by atoms with Gasteiger partial charge >= 0.3 is 0 Å². The quantitative estimate of drug-likeness (QED) is 0.503. The number of nitrogens with zero attached hydrogens (tertiary/aromatic N) is 4. The molecule has 2 N–H and O–H groups in total. The van der Waals surface area contributed by atoms with E-state index in [9.17, 15) is 9.18 Å². The van der Waals surface area contributed by atoms with Gasteiger partial charge in [0, 0.05) is 24.2 Å². The third-order valence-corrected chi connectivity index (χ3v) is 5.03. The number of thioether (sulfide) groups is 1. The van der Waals surface area contributed by atoms with Crippen molar-refractivity contribution >= 4 is 29.3 Å². The van der Waals surface area contributed by atoms with Crippen LogP contribution in [-0.4, -0.2) is 38.5 Å². The summed E-state index contributed by atoms with van der Waals surface area (Å²) in [6.45, 7) is 0.394. The maximum atomic E-state index is 13.0. The second-order valence-electron chi connectivity index (χ2n) is 5.85. The number of nitrogen functional groups attached to an aromatic ring is 1. The molecular weight excluding hydrogens is 389 g/mol. The Morgan fingerprint density at radius 2 is 1.85 bits per heavy atom. The Balaban J connectivity index is 1.60. The predicted molar refractivity (Wildman–Crippen MR) is 104 cm³/mol. The number of aromatic nitrogens is 3. The van der Waals surface area contributed by atoms with Gasteiger partial charge in [0.15, 0.2) is 5.82 Å². The van der Waals surface area contributed by atoms with Crippen LogP contribution in [0.4, 0.5) is 4.39 Å². The highest BCUT2D eigenvalue weighted by Gasteiger charge is 2.16. The van der Waals surface area contributed by atoms with E-state index >= 15 is 0 Å². The summed E-state index contributed by atoms with van der Waals surface area (Å²) in [4.78, 5) is 13.9. The summed E-state index contributed by atoms with van der Waals surface area (Å²) in [5, 5.41) is 9.17. The topological polar surface area (TPSA) is 77.0 Å². The normalized spacial score (nSPS) is 10.8. The molecule has 0 saturated heterocycles. The zero-order valence-electron chi connectivity index (χ0n) is 14.5. The van der Waals surface area contributed by atoms with Gasteiger partial charge in [0.25, 0.3) is 0 Å². The molecule has 0 atom stereocenters. The Bertz CT molecular complexity index is 930. The fraction of sp³-hybridized carbons (Fsp3) is 0.167. The van der Waals surface area contributed by atoms with Crippen LogP contribution < -0.4 is 5.84 Å². The smallest absolute Gasteiger partial charge is 0.233 e. The molecule has 0 bridgehead atoms. The molecule has 0 unspecified atom stereocenters. The molecule has 6 nitrogen and oxygen atoms in total. The van der Waals surface area contributed by atoms with E-state index < -0.39 is 0 Å². The number of hydrogen-bond acceptors (Lipinski definition) is 5. The molecule has 0 fully saturated rings. The highest BCUT2D eigenvalue weighted by molar-refractivity contribution is 7.99. The van der Waals surface area contributed by atoms with Gasteiger partial charge in [-0.15, -0.1) is 10.2 Å². The fourth-order valence-corrected chi connectivity index (χ4v) is 3.28. The Morgan fingerprint density at radius 3 is 2.52 bits per heavy atom. The molecule has 3 aromatic rings. The number of hydrogen-bond donors (Lipinski definition) is 1. The number of carbonyl (C=O) groups excluding carboxylic acids is 1. The van der Waals surface area contributed by atoms with Gasteiger partial charge in [-0.1, -0.05) is 35.5 Å². The molecule has 1 amide bonds. The minimum absolute atomic E-state index is 0.0969. The highest BCUT2D eigenvalue weighted by atomic mass is 35.5. The SMILES string of the molecule is CN(Cc1ccc(F)cc1)C(=O)CSc1nnc(-c2ccc(Cl)cc2)n1N. The van der Waals surface area contributed by atoms with Crippen molar-refractivity contribution in [2.45, 2.75) is 11.7 Å². The zero-order valence-corrected chi connectivity index (χ0v) is 16.0. The molecule has 140 valence electrons. The minimum Gasteiger partial charge on any atom is -0.341 e. The number of halogens is 2. The molecule has 0 radical (unpaired) electrons. The molecule has 0 spiro atoms. The molecule has 1 heterocycles. The second-order valence-corrected chi connectivity index (χ2v) is 7.23. The summed E-state index contributed by atoms with van der Waals surface area (Å²) in [6.07, 6.45) is 0. The van der Waals surface area contributed by atoms with E-state index in [0.29, 0.717) is 22.5 Å². The van der Waals surface area contributed by atoms with E-state index in [1.807, 2.05) is 0 Å². The molecule has 1 aromatic heterocycles. The summed E-state index contributed by atoms with van der Waals surface area (Å²) >= 11 is 7.09. The fourth-order valence-electron chi connectivity index (χ4n) is 2.36. The number of benzene rings is 2. The van der Waals surface area contributed by atoms with Crippen LogP contribution in [0.25, 0.3) is 11.4 Å². The lowest BCUT2D eigenvalue weighted by Crippen LogP contribution is -2.28. The van der Waals surface area contributed by atoms with Gasteiger partial charge in [-0.05, 0) is 42.0 Å². The Hall–Kier alpha value is -2.58. The average Bonchev–Trinajstić information content (AvgIpc) is 3.03. The van der Waals surface area contributed by atoms with Crippen LogP contribution in [0.2, 0.25) is 5.02 Å². The zero-order chi connectivity index (χ0) is 19.4. The van der Waals surface area contributed by atoms with E-state index in [1.165, 1.54) is 28.6 Å². The van der Waals surface area contributed by atoms with Crippen LogP contribution in [0.1, 0.15) is 5.56 Å². The first kappa shape index (κ1) is 19.2. The van der Waals surface area contributed by atoms with E-state index in [1.54, 1.807) is 48.3 Å². The van der Waals surface area contributed by atoms with Gasteiger partial charge in [0.05, 0.1) is 5.75 Å². The summed E-state index contributed by atoms with van der Waals surface area (Å²) < 4.78 is 14.3. The van der Waals surface area contributed by atoms with Crippen molar-refractivity contribution in [1.82, 2.24) is 19.8 Å². The Morgan fingerprint density at radius 1 is 1.19 bits per heavy atom. The van der Waals surface area contributed by atoms with Crippen molar-refractivity contribution in [3.05, 3.63) is 64.9 Å². The summed E-state index contributed by atoms with van der Waals surface area (Å²) in [7, 11) is 1.69. The van der Waals surface area contributed by atoms with Gasteiger partial charge < -0.3 is 10.7 Å². The average molecular weight is 406 g/mol. The first-order chi connectivity index (χ1) is 12.9. The summed E-state index contributed by atoms with van der Waals surface area (Å²) in [5.41, 5.74) is 1.63. The maximum absolute atomic E-state index is 13.0. The van der Waals surface area contributed by atoms with Gasteiger partial charge in [0.2, 0.25) is 11.1 Å². The number of nitrogens with two attached hydrogens (primary N) is 1. The molecule has 2 aromatic carbocycles. The van der Waals surface area contributed by atoms with Crippen molar-refractivity contribution in [2.24, 2.45) is 0 Å². The maximum Gasteiger partial charge on any atom is 0.233 e. The molecule has 0 aliphatic heterocycles. The van der Waals surface area contributed by atoms with Gasteiger partial charge in [-0.25, -0.2) is 9.07 Å². The van der Waals surface area contributed by atoms with Crippen molar-refractivity contribution in [3.8, 4) is 11.4 Å². The molecule has 0 aliphatic carbocycles. The Labute approximate surface area is 165 Å². The van der Waals surface area contributed by atoms with E-state index in [0.717, 1.165) is 11.1 Å². The molecule has 0 saturated carbocycles. The van der Waals surface area contributed by atoms with Crippen molar-refractivity contribution < 1.29 is 9.18 Å². The van der Waals surface area contributed by atoms with E-state index in [4.69, 9.17) is 17.4 Å². The highest BCUT2D eigenvalue weighted by Crippen LogP contribution is 2.23. The van der Waals surface area contributed by atoms with Crippen LogP contribution in [-0.2, 0) is 11.3 Å². The van der Waals surface area contributed by atoms with Crippen LogP contribution in [0.3, 0.4) is 0 Å². The lowest BCUT2D eigenvalue weighted by atomic mass is 10.2. The largest absolute Gasteiger partial charge is 0.341 e. The van der Waals surface area contributed by atoms with Gasteiger partial charge in [0.1, 0.15) is 5.82 Å². The van der Waals surface area contributed by atoms with E-state index in [-0.39, 0.29) is 17.5 Å². The predicted octanol–water partition coefficient (Wildman–Crippen LogP) is 3.20. The molecule has 3 rings (SSSR count). The lowest BCUT2D eigenvalue weighted by molar-refractivity contribution is -0.127. The van der Waals surface area contributed by atoms with Crippen LogP contribution in [0, 0.1) is 5.82 Å². The molecule has 27 heavy (non-hydrogen) atoms. The van der Waals surface area contributed by atoms with Crippen molar-refractivity contribution in [3.63, 3.8) is 0 Å². The lowest BCUT2D eigenvalue weighted by Gasteiger charge is -2.16. The van der Waals surface area contributed by atoms with Crippen molar-refractivity contribution in [1.29, 1.82) is 0 Å². The molecule has 9 heteroatoms. The third-order valence-electron chi connectivity index (χ3n) is 3.85. The van der Waals surface area contributed by atoms with Gasteiger partial charge in [-0.2, -0.15) is 0 Å². The van der Waals surface area contributed by atoms with Gasteiger partial charge in [-0.3, -0.25) is 4.79 Å². The molecule has 0 aliphatic rings. The first-order valence-electron chi connectivity index (χ1n) is 8.01. The number of rotatable bonds is 6. The monoisotopic (exact) mass is 405 g/mol. The Kier molecular flexibility index (Phi) is 5.98. The summed E-state index contributed by atoms with van der Waals surface area (Å²) in [5.74, 6) is 6.30. The van der Waals surface area contributed by atoms with E-state index in [2.05, 4.69) is 10.2 Å². The number of carbonyl (C=O) groups is 1. The van der Waals surface area contributed by atoms with Crippen LogP contribution in [0.15, 0.2) is 53.7 Å². The van der Waals surface area contributed by atoms with Crippen LogP contribution in [0.5, 0.6) is 0 Å².